The van der Waals surface area contributed by atoms with E-state index in [0.29, 0.717) is 29.7 Å². The van der Waals surface area contributed by atoms with Gasteiger partial charge >= 0.3 is 5.97 Å². The molecule has 0 bridgehead atoms. The average Bonchev–Trinajstić information content (AvgIpc) is 3.04. The first-order valence-corrected chi connectivity index (χ1v) is 9.57. The van der Waals surface area contributed by atoms with Crippen LogP contribution in [0.1, 0.15) is 70.3 Å². The third-order valence-electron chi connectivity index (χ3n) is 5.45. The van der Waals surface area contributed by atoms with Crippen LogP contribution >= 0.6 is 0 Å². The minimum absolute atomic E-state index is 0.0208. The second-order valence-corrected chi connectivity index (χ2v) is 7.24. The number of ether oxygens (including phenoxy) is 3. The first-order valence-electron chi connectivity index (χ1n) is 9.57. The average molecular weight is 385 g/mol. The monoisotopic (exact) mass is 385 g/mol. The number of benzene rings is 1. The van der Waals surface area contributed by atoms with Crippen molar-refractivity contribution >= 4 is 11.8 Å². The van der Waals surface area contributed by atoms with Gasteiger partial charge in [-0.3, -0.25) is 4.79 Å². The summed E-state index contributed by atoms with van der Waals surface area (Å²) < 4.78 is 16.3. The molecule has 1 aliphatic rings. The Morgan fingerprint density at radius 3 is 2.64 bits per heavy atom. The second-order valence-electron chi connectivity index (χ2n) is 7.24. The highest BCUT2D eigenvalue weighted by Gasteiger charge is 2.33. The number of rotatable bonds is 6. The van der Waals surface area contributed by atoms with Crippen LogP contribution in [0.15, 0.2) is 18.2 Å². The van der Waals surface area contributed by atoms with Crippen LogP contribution in [0, 0.1) is 6.92 Å². The first kappa shape index (κ1) is 20.0. The minimum Gasteiger partial charge on any atom is -0.497 e. The van der Waals surface area contributed by atoms with E-state index in [-0.39, 0.29) is 17.8 Å². The quantitative estimate of drug-likeness (QED) is 0.754. The topological polar surface area (TPSA) is 77.6 Å². The lowest BCUT2D eigenvalue weighted by molar-refractivity contribution is 0.0327. The van der Waals surface area contributed by atoms with Gasteiger partial charge in [-0.05, 0) is 50.5 Å². The van der Waals surface area contributed by atoms with E-state index in [2.05, 4.69) is 4.98 Å². The Bertz CT molecular complexity index is 899. The number of Topliss-reactive ketones (excluding diaryl/α,β-unsaturated/α-hetero) is 1. The van der Waals surface area contributed by atoms with Gasteiger partial charge in [-0.2, -0.15) is 0 Å². The van der Waals surface area contributed by atoms with Crippen LogP contribution in [0.4, 0.5) is 0 Å². The molecular formula is C22H27NO5. The van der Waals surface area contributed by atoms with Crippen molar-refractivity contribution in [2.45, 2.75) is 52.1 Å². The number of hydrogen-bond donors (Lipinski definition) is 1. The molecule has 1 aromatic carbocycles. The number of nitrogens with one attached hydrogen (secondary N) is 1. The van der Waals surface area contributed by atoms with Crippen LogP contribution in [-0.4, -0.2) is 37.1 Å². The lowest BCUT2D eigenvalue weighted by atomic mass is 9.81. The van der Waals surface area contributed by atoms with E-state index in [0.717, 1.165) is 29.2 Å². The largest absolute Gasteiger partial charge is 0.497 e. The molecule has 0 unspecified atom stereocenters. The molecule has 1 N–H and O–H groups in total. The lowest BCUT2D eigenvalue weighted by Crippen LogP contribution is -2.19. The van der Waals surface area contributed by atoms with E-state index >= 15 is 0 Å². The molecule has 0 spiro atoms. The fourth-order valence-electron chi connectivity index (χ4n) is 3.74. The lowest BCUT2D eigenvalue weighted by Gasteiger charge is -2.24. The molecular weight excluding hydrogens is 358 g/mol. The molecule has 0 amide bonds. The van der Waals surface area contributed by atoms with E-state index in [1.54, 1.807) is 21.1 Å². The zero-order valence-electron chi connectivity index (χ0n) is 17.0. The van der Waals surface area contributed by atoms with Crippen LogP contribution in [0.2, 0.25) is 0 Å². The van der Waals surface area contributed by atoms with Gasteiger partial charge in [0.15, 0.2) is 5.78 Å². The van der Waals surface area contributed by atoms with Crippen molar-refractivity contribution in [1.29, 1.82) is 0 Å². The van der Waals surface area contributed by atoms with Gasteiger partial charge in [0.2, 0.25) is 0 Å². The Kier molecular flexibility index (Phi) is 5.77. The molecule has 6 nitrogen and oxygen atoms in total. The van der Waals surface area contributed by atoms with Crippen molar-refractivity contribution in [3.63, 3.8) is 0 Å². The molecule has 0 saturated carbocycles. The maximum Gasteiger partial charge on any atom is 0.355 e. The number of aromatic nitrogens is 1. The zero-order chi connectivity index (χ0) is 20.4. The van der Waals surface area contributed by atoms with Gasteiger partial charge in [0.25, 0.3) is 0 Å². The van der Waals surface area contributed by atoms with Gasteiger partial charge in [0, 0.05) is 29.2 Å². The number of fused-ring (bicyclic) bond motifs is 1. The standard InChI is InChI=1S/C22H27NO5/c1-6-12(2)28-22(25)21-13(3)20-17(23-21)9-14(10-18(20)24)16-11-15(26-4)7-8-19(16)27-5/h7-8,11-12,14,23H,6,9-10H2,1-5H3/t12-,14+/m0/s1. The summed E-state index contributed by atoms with van der Waals surface area (Å²) in [7, 11) is 3.22. The Labute approximate surface area is 165 Å². The van der Waals surface area contributed by atoms with Gasteiger partial charge in [0.05, 0.1) is 20.3 Å². The summed E-state index contributed by atoms with van der Waals surface area (Å²) in [6, 6.07) is 5.60. The van der Waals surface area contributed by atoms with Crippen molar-refractivity contribution < 1.29 is 23.8 Å². The van der Waals surface area contributed by atoms with Crippen LogP contribution in [0.25, 0.3) is 0 Å². The summed E-state index contributed by atoms with van der Waals surface area (Å²) in [5.41, 5.74) is 3.37. The van der Waals surface area contributed by atoms with Gasteiger partial charge in [-0.1, -0.05) is 6.92 Å². The number of esters is 1. The number of carbonyl (C=O) groups excluding carboxylic acids is 2. The summed E-state index contributed by atoms with van der Waals surface area (Å²) in [5, 5.41) is 0. The summed E-state index contributed by atoms with van der Waals surface area (Å²) in [5.74, 6) is 0.995. The molecule has 0 saturated heterocycles. The van der Waals surface area contributed by atoms with Gasteiger partial charge in [0.1, 0.15) is 17.2 Å². The Balaban J connectivity index is 1.95. The molecule has 2 aromatic rings. The number of H-pyrrole nitrogens is 1. The van der Waals surface area contributed by atoms with Gasteiger partial charge in [-0.25, -0.2) is 4.79 Å². The molecule has 2 atom stereocenters. The molecule has 1 heterocycles. The van der Waals surface area contributed by atoms with Crippen LogP contribution in [0.3, 0.4) is 0 Å². The normalized spacial score (nSPS) is 17.0. The van der Waals surface area contributed by atoms with Crippen molar-refractivity contribution in [2.24, 2.45) is 0 Å². The second kappa shape index (κ2) is 8.09. The Morgan fingerprint density at radius 1 is 1.25 bits per heavy atom. The zero-order valence-corrected chi connectivity index (χ0v) is 17.0. The molecule has 0 radical (unpaired) electrons. The summed E-state index contributed by atoms with van der Waals surface area (Å²) in [6.45, 7) is 5.61. The SMILES string of the molecule is CC[C@H](C)OC(=O)c1[nH]c2c(c1C)C(=O)C[C@H](c1cc(OC)ccc1OC)C2. The number of carbonyl (C=O) groups is 2. The van der Waals surface area contributed by atoms with E-state index in [4.69, 9.17) is 14.2 Å². The maximum atomic E-state index is 12.9. The molecule has 1 aromatic heterocycles. The smallest absolute Gasteiger partial charge is 0.355 e. The van der Waals surface area contributed by atoms with E-state index in [9.17, 15) is 9.59 Å². The van der Waals surface area contributed by atoms with Crippen LogP contribution < -0.4 is 9.47 Å². The Hall–Kier alpha value is -2.76. The summed E-state index contributed by atoms with van der Waals surface area (Å²) in [6.07, 6.45) is 1.54. The fourth-order valence-corrected chi connectivity index (χ4v) is 3.74. The number of aromatic amines is 1. The third kappa shape index (κ3) is 3.63. The van der Waals surface area contributed by atoms with Crippen LogP contribution in [0.5, 0.6) is 11.5 Å². The highest BCUT2D eigenvalue weighted by molar-refractivity contribution is 6.03. The van der Waals surface area contributed by atoms with Crippen molar-refractivity contribution in [3.8, 4) is 11.5 Å². The molecule has 1 aliphatic carbocycles. The summed E-state index contributed by atoms with van der Waals surface area (Å²) in [4.78, 5) is 28.6. The summed E-state index contributed by atoms with van der Waals surface area (Å²) >= 11 is 0. The van der Waals surface area contributed by atoms with Crippen molar-refractivity contribution in [1.82, 2.24) is 4.98 Å². The predicted octanol–water partition coefficient (Wildman–Crippen LogP) is 4.21. The van der Waals surface area contributed by atoms with Crippen LogP contribution in [-0.2, 0) is 11.2 Å². The van der Waals surface area contributed by atoms with E-state index in [1.165, 1.54) is 0 Å². The van der Waals surface area contributed by atoms with Crippen molar-refractivity contribution in [3.05, 3.63) is 46.3 Å². The number of ketones is 1. The minimum atomic E-state index is -0.412. The number of hydrogen-bond acceptors (Lipinski definition) is 5. The molecule has 28 heavy (non-hydrogen) atoms. The molecule has 3 rings (SSSR count). The predicted molar refractivity (Wildman–Crippen MR) is 106 cm³/mol. The third-order valence-corrected chi connectivity index (χ3v) is 5.45. The molecule has 0 aliphatic heterocycles. The van der Waals surface area contributed by atoms with E-state index < -0.39 is 5.97 Å². The highest BCUT2D eigenvalue weighted by atomic mass is 16.5. The number of methoxy groups -OCH3 is 2. The molecule has 6 heteroatoms. The highest BCUT2D eigenvalue weighted by Crippen LogP contribution is 2.40. The first-order chi connectivity index (χ1) is 13.4. The van der Waals surface area contributed by atoms with Gasteiger partial charge < -0.3 is 19.2 Å². The van der Waals surface area contributed by atoms with E-state index in [1.807, 2.05) is 32.0 Å². The molecule has 150 valence electrons. The van der Waals surface area contributed by atoms with Crippen molar-refractivity contribution in [2.75, 3.05) is 14.2 Å². The Morgan fingerprint density at radius 2 is 2.00 bits per heavy atom. The maximum absolute atomic E-state index is 12.9. The fraction of sp³-hybridized carbons (Fsp3) is 0.455. The molecule has 0 fully saturated rings. The van der Waals surface area contributed by atoms with Gasteiger partial charge in [-0.15, -0.1) is 0 Å².